The van der Waals surface area contributed by atoms with E-state index in [9.17, 15) is 4.79 Å². The van der Waals surface area contributed by atoms with Crippen molar-refractivity contribution in [1.29, 1.82) is 0 Å². The quantitative estimate of drug-likeness (QED) is 0.688. The molecular formula is C16H27N3O3. The van der Waals surface area contributed by atoms with E-state index in [1.165, 1.54) is 0 Å². The van der Waals surface area contributed by atoms with Gasteiger partial charge >= 0.3 is 6.03 Å². The summed E-state index contributed by atoms with van der Waals surface area (Å²) in [6.07, 6.45) is 0.927. The zero-order valence-corrected chi connectivity index (χ0v) is 13.9. The maximum absolute atomic E-state index is 11.9. The van der Waals surface area contributed by atoms with E-state index in [1.54, 1.807) is 32.4 Å². The second kappa shape index (κ2) is 9.89. The summed E-state index contributed by atoms with van der Waals surface area (Å²) in [6, 6.07) is 5.03. The lowest BCUT2D eigenvalue weighted by Gasteiger charge is -2.17. The van der Waals surface area contributed by atoms with Gasteiger partial charge in [-0.1, -0.05) is 13.8 Å². The van der Waals surface area contributed by atoms with E-state index in [0.29, 0.717) is 23.7 Å². The molecule has 0 saturated heterocycles. The number of ether oxygens (including phenoxy) is 2. The average molecular weight is 309 g/mol. The van der Waals surface area contributed by atoms with E-state index in [-0.39, 0.29) is 6.03 Å². The zero-order chi connectivity index (χ0) is 16.4. The molecule has 6 heteroatoms. The Kier molecular flexibility index (Phi) is 8.14. The van der Waals surface area contributed by atoms with Crippen LogP contribution in [0.4, 0.5) is 10.5 Å². The first kappa shape index (κ1) is 18.1. The van der Waals surface area contributed by atoms with E-state index in [0.717, 1.165) is 26.1 Å². The highest BCUT2D eigenvalue weighted by Gasteiger charge is 2.06. The van der Waals surface area contributed by atoms with Crippen molar-refractivity contribution in [2.24, 2.45) is 0 Å². The van der Waals surface area contributed by atoms with Crippen molar-refractivity contribution in [2.45, 2.75) is 20.3 Å². The molecule has 1 aromatic rings. The van der Waals surface area contributed by atoms with E-state index in [1.807, 2.05) is 0 Å². The van der Waals surface area contributed by atoms with E-state index >= 15 is 0 Å². The van der Waals surface area contributed by atoms with Crippen LogP contribution in [0, 0.1) is 0 Å². The summed E-state index contributed by atoms with van der Waals surface area (Å²) in [4.78, 5) is 14.2. The molecule has 0 aliphatic rings. The maximum Gasteiger partial charge on any atom is 0.319 e. The summed E-state index contributed by atoms with van der Waals surface area (Å²) in [5.41, 5.74) is 0.637. The first-order valence-electron chi connectivity index (χ1n) is 7.63. The highest BCUT2D eigenvalue weighted by atomic mass is 16.5. The Bertz CT molecular complexity index is 440. The van der Waals surface area contributed by atoms with Gasteiger partial charge in [0, 0.05) is 30.4 Å². The summed E-state index contributed by atoms with van der Waals surface area (Å²) in [5.74, 6) is 1.27. The summed E-state index contributed by atoms with van der Waals surface area (Å²) < 4.78 is 10.3. The van der Waals surface area contributed by atoms with Gasteiger partial charge < -0.3 is 25.0 Å². The van der Waals surface area contributed by atoms with Crippen LogP contribution >= 0.6 is 0 Å². The van der Waals surface area contributed by atoms with Crippen LogP contribution < -0.4 is 20.1 Å². The number of methoxy groups -OCH3 is 2. The van der Waals surface area contributed by atoms with Crippen LogP contribution in [0.5, 0.6) is 11.5 Å². The van der Waals surface area contributed by atoms with Crippen molar-refractivity contribution in [3.8, 4) is 11.5 Å². The van der Waals surface area contributed by atoms with Crippen LogP contribution in [0.3, 0.4) is 0 Å². The van der Waals surface area contributed by atoms with Gasteiger partial charge in [-0.25, -0.2) is 4.79 Å². The highest BCUT2D eigenvalue weighted by molar-refractivity contribution is 5.89. The number of hydrogen-bond acceptors (Lipinski definition) is 4. The molecular weight excluding hydrogens is 282 g/mol. The molecule has 0 bridgehead atoms. The fourth-order valence-corrected chi connectivity index (χ4v) is 2.10. The molecule has 6 nitrogen and oxygen atoms in total. The molecule has 0 fully saturated rings. The Morgan fingerprint density at radius 2 is 1.68 bits per heavy atom. The second-order valence-electron chi connectivity index (χ2n) is 4.86. The first-order valence-corrected chi connectivity index (χ1v) is 7.63. The SMILES string of the molecule is CCN(CC)CCCNC(=O)Nc1cc(OC)cc(OC)c1. The number of nitrogens with zero attached hydrogens (tertiary/aromatic N) is 1. The van der Waals surface area contributed by atoms with Gasteiger partial charge in [-0.3, -0.25) is 0 Å². The van der Waals surface area contributed by atoms with Gasteiger partial charge in [-0.2, -0.15) is 0 Å². The van der Waals surface area contributed by atoms with Crippen molar-refractivity contribution in [2.75, 3.05) is 45.7 Å². The van der Waals surface area contributed by atoms with E-state index in [4.69, 9.17) is 9.47 Å². The molecule has 0 unspecified atom stereocenters. The van der Waals surface area contributed by atoms with Gasteiger partial charge in [0.2, 0.25) is 0 Å². The minimum atomic E-state index is -0.227. The van der Waals surface area contributed by atoms with Crippen LogP contribution in [0.15, 0.2) is 18.2 Å². The number of carbonyl (C=O) groups excluding carboxylic acids is 1. The number of hydrogen-bond donors (Lipinski definition) is 2. The molecule has 2 amide bonds. The Morgan fingerprint density at radius 1 is 1.09 bits per heavy atom. The third kappa shape index (κ3) is 6.22. The lowest BCUT2D eigenvalue weighted by Crippen LogP contribution is -2.32. The van der Waals surface area contributed by atoms with Crippen LogP contribution in [-0.4, -0.2) is 51.3 Å². The molecule has 1 aromatic carbocycles. The number of rotatable bonds is 9. The first-order chi connectivity index (χ1) is 10.6. The Labute approximate surface area is 132 Å². The number of benzene rings is 1. The van der Waals surface area contributed by atoms with Gasteiger partial charge in [0.1, 0.15) is 11.5 Å². The highest BCUT2D eigenvalue weighted by Crippen LogP contribution is 2.25. The van der Waals surface area contributed by atoms with Gasteiger partial charge in [-0.05, 0) is 26.1 Å². The molecule has 2 N–H and O–H groups in total. The summed E-state index contributed by atoms with van der Waals surface area (Å²) in [5, 5.41) is 5.64. The van der Waals surface area contributed by atoms with Gasteiger partial charge in [-0.15, -0.1) is 0 Å². The minimum Gasteiger partial charge on any atom is -0.497 e. The molecule has 0 heterocycles. The second-order valence-corrected chi connectivity index (χ2v) is 4.86. The van der Waals surface area contributed by atoms with Gasteiger partial charge in [0.15, 0.2) is 0 Å². The molecule has 0 spiro atoms. The van der Waals surface area contributed by atoms with E-state index in [2.05, 4.69) is 29.4 Å². The molecule has 1 rings (SSSR count). The molecule has 0 atom stereocenters. The largest absolute Gasteiger partial charge is 0.497 e. The van der Waals surface area contributed by atoms with Crippen molar-refractivity contribution in [1.82, 2.24) is 10.2 Å². The molecule has 0 radical (unpaired) electrons. The van der Waals surface area contributed by atoms with Gasteiger partial charge in [0.05, 0.1) is 14.2 Å². The monoisotopic (exact) mass is 309 g/mol. The number of carbonyl (C=O) groups is 1. The Morgan fingerprint density at radius 3 is 2.18 bits per heavy atom. The Hall–Kier alpha value is -1.95. The summed E-state index contributed by atoms with van der Waals surface area (Å²) >= 11 is 0. The molecule has 0 aliphatic heterocycles. The topological polar surface area (TPSA) is 62.8 Å². The smallest absolute Gasteiger partial charge is 0.319 e. The predicted molar refractivity (Wildman–Crippen MR) is 89.0 cm³/mol. The van der Waals surface area contributed by atoms with E-state index < -0.39 is 0 Å². The van der Waals surface area contributed by atoms with Gasteiger partial charge in [0.25, 0.3) is 0 Å². The number of anilines is 1. The summed E-state index contributed by atoms with van der Waals surface area (Å²) in [6.45, 7) is 7.97. The van der Waals surface area contributed by atoms with Crippen LogP contribution in [0.2, 0.25) is 0 Å². The fourth-order valence-electron chi connectivity index (χ4n) is 2.10. The van der Waals surface area contributed by atoms with Crippen LogP contribution in [0.1, 0.15) is 20.3 Å². The standard InChI is InChI=1S/C16H27N3O3/c1-5-19(6-2)9-7-8-17-16(20)18-13-10-14(21-3)12-15(11-13)22-4/h10-12H,5-9H2,1-4H3,(H2,17,18,20). The minimum absolute atomic E-state index is 0.227. The van der Waals surface area contributed by atoms with Crippen molar-refractivity contribution in [3.63, 3.8) is 0 Å². The van der Waals surface area contributed by atoms with Crippen LogP contribution in [0.25, 0.3) is 0 Å². The van der Waals surface area contributed by atoms with Crippen molar-refractivity contribution >= 4 is 11.7 Å². The molecule has 0 aromatic heterocycles. The van der Waals surface area contributed by atoms with Crippen molar-refractivity contribution < 1.29 is 14.3 Å². The predicted octanol–water partition coefficient (Wildman–Crippen LogP) is 2.56. The normalized spacial score (nSPS) is 10.4. The Balaban J connectivity index is 2.41. The summed E-state index contributed by atoms with van der Waals surface area (Å²) in [7, 11) is 3.15. The number of urea groups is 1. The fraction of sp³-hybridized carbons (Fsp3) is 0.562. The molecule has 0 saturated carbocycles. The average Bonchev–Trinajstić information content (AvgIpc) is 2.54. The lowest BCUT2D eigenvalue weighted by atomic mass is 10.3. The third-order valence-electron chi connectivity index (χ3n) is 3.44. The zero-order valence-electron chi connectivity index (χ0n) is 13.9. The maximum atomic E-state index is 11.9. The number of amides is 2. The number of nitrogens with one attached hydrogen (secondary N) is 2. The molecule has 124 valence electrons. The third-order valence-corrected chi connectivity index (χ3v) is 3.44. The van der Waals surface area contributed by atoms with Crippen LogP contribution in [-0.2, 0) is 0 Å². The lowest BCUT2D eigenvalue weighted by molar-refractivity contribution is 0.250. The molecule has 22 heavy (non-hydrogen) atoms. The molecule has 0 aliphatic carbocycles. The van der Waals surface area contributed by atoms with Crippen molar-refractivity contribution in [3.05, 3.63) is 18.2 Å².